The summed E-state index contributed by atoms with van der Waals surface area (Å²) in [5.74, 6) is 0. The number of fused-ring (bicyclic) bond motifs is 1. The zero-order valence-corrected chi connectivity index (χ0v) is 10.3. The van der Waals surface area contributed by atoms with Crippen LogP contribution in [0.3, 0.4) is 0 Å². The fraction of sp³-hybridized carbons (Fsp3) is 0.692. The van der Waals surface area contributed by atoms with Crippen LogP contribution in [-0.4, -0.2) is 49.8 Å². The Bertz CT molecular complexity index is 286. The maximum atomic E-state index is 5.77. The molecule has 2 aliphatic rings. The van der Waals surface area contributed by atoms with E-state index >= 15 is 0 Å². The molecule has 0 bridgehead atoms. The van der Waals surface area contributed by atoms with Crippen LogP contribution in [0.1, 0.15) is 13.8 Å². The van der Waals surface area contributed by atoms with Gasteiger partial charge in [-0.2, -0.15) is 0 Å². The van der Waals surface area contributed by atoms with E-state index in [2.05, 4.69) is 42.3 Å². The highest BCUT2D eigenvalue weighted by atomic mass is 16.5. The molecule has 90 valence electrons. The van der Waals surface area contributed by atoms with Crippen molar-refractivity contribution in [3.63, 3.8) is 0 Å². The Morgan fingerprint density at radius 2 is 2.31 bits per heavy atom. The van der Waals surface area contributed by atoms with Gasteiger partial charge in [0.25, 0.3) is 0 Å². The lowest BCUT2D eigenvalue weighted by Gasteiger charge is -2.37. The average molecular weight is 222 g/mol. The van der Waals surface area contributed by atoms with Crippen LogP contribution >= 0.6 is 0 Å². The predicted octanol–water partition coefficient (Wildman–Crippen LogP) is 1.18. The maximum Gasteiger partial charge on any atom is 0.0867 e. The minimum atomic E-state index is 0.400. The van der Waals surface area contributed by atoms with Crippen molar-refractivity contribution >= 4 is 0 Å². The van der Waals surface area contributed by atoms with Gasteiger partial charge in [0.2, 0.25) is 0 Å². The number of hydrogen-bond donors (Lipinski definition) is 1. The molecule has 1 N–H and O–H groups in total. The average Bonchev–Trinajstić information content (AvgIpc) is 2.77. The first-order valence-electron chi connectivity index (χ1n) is 6.19. The highest BCUT2D eigenvalue weighted by Crippen LogP contribution is 2.18. The quantitative estimate of drug-likeness (QED) is 0.726. The Morgan fingerprint density at radius 1 is 1.44 bits per heavy atom. The van der Waals surface area contributed by atoms with E-state index in [-0.39, 0.29) is 0 Å². The Balaban J connectivity index is 1.97. The van der Waals surface area contributed by atoms with Gasteiger partial charge in [0.05, 0.1) is 12.7 Å². The number of nitrogens with one attached hydrogen (secondary N) is 1. The van der Waals surface area contributed by atoms with E-state index in [1.165, 1.54) is 5.57 Å². The highest BCUT2D eigenvalue weighted by Gasteiger charge is 2.35. The second-order valence-corrected chi connectivity index (χ2v) is 4.47. The second-order valence-electron chi connectivity index (χ2n) is 4.47. The summed E-state index contributed by atoms with van der Waals surface area (Å²) >= 11 is 0. The van der Waals surface area contributed by atoms with Gasteiger partial charge in [0.1, 0.15) is 0 Å². The zero-order chi connectivity index (χ0) is 11.4. The summed E-state index contributed by atoms with van der Waals surface area (Å²) in [6, 6.07) is 0.564. The van der Waals surface area contributed by atoms with Crippen LogP contribution in [0.25, 0.3) is 0 Å². The number of morpholine rings is 1. The molecular formula is C13H22N2O. The van der Waals surface area contributed by atoms with E-state index in [0.29, 0.717) is 12.1 Å². The van der Waals surface area contributed by atoms with E-state index in [0.717, 1.165) is 32.8 Å². The van der Waals surface area contributed by atoms with E-state index in [1.54, 1.807) is 0 Å². The largest absolute Gasteiger partial charge is 0.374 e. The minimum absolute atomic E-state index is 0.400. The van der Waals surface area contributed by atoms with Crippen LogP contribution in [0.5, 0.6) is 0 Å². The van der Waals surface area contributed by atoms with E-state index < -0.39 is 0 Å². The number of nitrogens with zero attached hydrogens (tertiary/aromatic N) is 1. The monoisotopic (exact) mass is 222 g/mol. The molecule has 0 amide bonds. The summed E-state index contributed by atoms with van der Waals surface area (Å²) < 4.78 is 5.77. The molecule has 2 atom stereocenters. The van der Waals surface area contributed by atoms with E-state index in [9.17, 15) is 0 Å². The number of hydrogen-bond acceptors (Lipinski definition) is 3. The molecule has 0 radical (unpaired) electrons. The molecule has 2 rings (SSSR count). The standard InChI is InChI=1S/C13H22N2O/c1-3-5-11(4-2)10-15-6-7-16-13-9-14-8-12(13)15/h3-5,12-14H,6-10H2,1-2H3/b5-3-,11-4+. The molecule has 16 heavy (non-hydrogen) atoms. The van der Waals surface area contributed by atoms with Crippen LogP contribution in [0.15, 0.2) is 23.8 Å². The zero-order valence-electron chi connectivity index (χ0n) is 10.3. The van der Waals surface area contributed by atoms with Gasteiger partial charge in [0.15, 0.2) is 0 Å². The molecule has 2 heterocycles. The maximum absolute atomic E-state index is 5.77. The molecule has 0 aromatic rings. The molecule has 2 aliphatic heterocycles. The predicted molar refractivity (Wildman–Crippen MR) is 66.5 cm³/mol. The molecule has 3 nitrogen and oxygen atoms in total. The second kappa shape index (κ2) is 5.62. The van der Waals surface area contributed by atoms with Crippen molar-refractivity contribution in [2.75, 3.05) is 32.8 Å². The van der Waals surface area contributed by atoms with E-state index in [1.807, 2.05) is 0 Å². The number of ether oxygens (including phenoxy) is 1. The molecule has 0 aromatic carbocycles. The third-order valence-electron chi connectivity index (χ3n) is 3.44. The Morgan fingerprint density at radius 3 is 3.06 bits per heavy atom. The van der Waals surface area contributed by atoms with Crippen LogP contribution in [0, 0.1) is 0 Å². The summed E-state index contributed by atoms with van der Waals surface area (Å²) in [5, 5.41) is 3.41. The molecule has 0 spiro atoms. The summed E-state index contributed by atoms with van der Waals surface area (Å²) in [6.07, 6.45) is 6.91. The molecule has 3 heteroatoms. The Hall–Kier alpha value is -0.640. The first-order valence-corrected chi connectivity index (χ1v) is 6.19. The van der Waals surface area contributed by atoms with Gasteiger partial charge in [-0.25, -0.2) is 0 Å². The lowest BCUT2D eigenvalue weighted by Crippen LogP contribution is -2.51. The third kappa shape index (κ3) is 2.54. The van der Waals surface area contributed by atoms with Crippen LogP contribution in [0.4, 0.5) is 0 Å². The Labute approximate surface area is 98.2 Å². The fourth-order valence-electron chi connectivity index (χ4n) is 2.55. The molecule has 2 fully saturated rings. The van der Waals surface area contributed by atoms with Gasteiger partial charge in [-0.15, -0.1) is 0 Å². The molecule has 0 aromatic heterocycles. The molecule has 2 saturated heterocycles. The van der Waals surface area contributed by atoms with Gasteiger partial charge in [-0.3, -0.25) is 4.90 Å². The first-order chi connectivity index (χ1) is 7.85. The SMILES string of the molecule is C/C=C\C(=C/C)CN1CCOC2CNCC21. The van der Waals surface area contributed by atoms with Crippen molar-refractivity contribution in [3.8, 4) is 0 Å². The van der Waals surface area contributed by atoms with Crippen molar-refractivity contribution in [1.82, 2.24) is 10.2 Å². The summed E-state index contributed by atoms with van der Waals surface area (Å²) in [6.45, 7) is 9.23. The lowest BCUT2D eigenvalue weighted by atomic mass is 10.1. The topological polar surface area (TPSA) is 24.5 Å². The van der Waals surface area contributed by atoms with Crippen LogP contribution in [-0.2, 0) is 4.74 Å². The van der Waals surface area contributed by atoms with E-state index in [4.69, 9.17) is 4.74 Å². The first kappa shape index (κ1) is 11.8. The minimum Gasteiger partial charge on any atom is -0.374 e. The van der Waals surface area contributed by atoms with Gasteiger partial charge in [0, 0.05) is 32.2 Å². The smallest absolute Gasteiger partial charge is 0.0867 e. The van der Waals surface area contributed by atoms with Crippen molar-refractivity contribution in [1.29, 1.82) is 0 Å². The lowest BCUT2D eigenvalue weighted by molar-refractivity contribution is -0.0428. The van der Waals surface area contributed by atoms with Gasteiger partial charge < -0.3 is 10.1 Å². The highest BCUT2D eigenvalue weighted by molar-refractivity contribution is 5.19. The molecular weight excluding hydrogens is 200 g/mol. The van der Waals surface area contributed by atoms with Gasteiger partial charge >= 0.3 is 0 Å². The van der Waals surface area contributed by atoms with Crippen molar-refractivity contribution in [2.45, 2.75) is 26.0 Å². The van der Waals surface area contributed by atoms with Crippen molar-refractivity contribution in [3.05, 3.63) is 23.8 Å². The normalized spacial score (nSPS) is 32.2. The van der Waals surface area contributed by atoms with Crippen LogP contribution < -0.4 is 5.32 Å². The summed E-state index contributed by atoms with van der Waals surface area (Å²) in [5.41, 5.74) is 1.40. The van der Waals surface area contributed by atoms with Crippen LogP contribution in [0.2, 0.25) is 0 Å². The molecule has 0 aliphatic carbocycles. The number of rotatable bonds is 3. The number of allylic oxidation sites excluding steroid dienone is 2. The third-order valence-corrected chi connectivity index (χ3v) is 3.44. The molecule has 0 saturated carbocycles. The summed E-state index contributed by atoms with van der Waals surface area (Å²) in [4.78, 5) is 2.55. The Kier molecular flexibility index (Phi) is 4.16. The van der Waals surface area contributed by atoms with Crippen molar-refractivity contribution < 1.29 is 4.74 Å². The molecule has 2 unspecified atom stereocenters. The van der Waals surface area contributed by atoms with Gasteiger partial charge in [-0.1, -0.05) is 18.2 Å². The van der Waals surface area contributed by atoms with Crippen molar-refractivity contribution in [2.24, 2.45) is 0 Å². The summed E-state index contributed by atoms with van der Waals surface area (Å²) in [7, 11) is 0. The fourth-order valence-corrected chi connectivity index (χ4v) is 2.55. The van der Waals surface area contributed by atoms with Gasteiger partial charge in [-0.05, 0) is 19.4 Å².